The average molecular weight is 372 g/mol. The highest BCUT2D eigenvalue weighted by Crippen LogP contribution is 2.31. The molecule has 3 rings (SSSR count). The number of fused-ring (bicyclic) bond motifs is 1. The Balaban J connectivity index is 1.89. The van der Waals surface area contributed by atoms with E-state index >= 15 is 0 Å². The Kier molecular flexibility index (Phi) is 5.21. The molecular formula is C20H24N2O5. The Morgan fingerprint density at radius 3 is 2.52 bits per heavy atom. The van der Waals surface area contributed by atoms with Crippen LogP contribution >= 0.6 is 0 Å². The van der Waals surface area contributed by atoms with Gasteiger partial charge < -0.3 is 19.8 Å². The van der Waals surface area contributed by atoms with Crippen LogP contribution in [-0.4, -0.2) is 36.9 Å². The van der Waals surface area contributed by atoms with E-state index in [0.717, 1.165) is 5.56 Å². The number of ether oxygens (including phenoxy) is 1. The minimum absolute atomic E-state index is 0.0393. The third kappa shape index (κ3) is 3.67. The SMILES string of the molecule is COc1cc(C)cc2oc(=O)c(CC(=O)N3CCC(C(N)=O)CC3)c(C)c12. The van der Waals surface area contributed by atoms with Gasteiger partial charge in [0.1, 0.15) is 11.3 Å². The number of primary amides is 1. The minimum atomic E-state index is -0.506. The number of carbonyl (C=O) groups excluding carboxylic acids is 2. The van der Waals surface area contributed by atoms with E-state index in [1.165, 1.54) is 0 Å². The molecule has 2 aromatic rings. The van der Waals surface area contributed by atoms with Crippen molar-refractivity contribution in [2.75, 3.05) is 20.2 Å². The normalized spacial score (nSPS) is 15.1. The van der Waals surface area contributed by atoms with Gasteiger partial charge in [0.15, 0.2) is 0 Å². The molecule has 0 saturated carbocycles. The van der Waals surface area contributed by atoms with E-state index in [0.29, 0.717) is 53.8 Å². The van der Waals surface area contributed by atoms with Crippen LogP contribution in [0, 0.1) is 19.8 Å². The molecule has 0 atom stereocenters. The lowest BCUT2D eigenvalue weighted by molar-refractivity contribution is -0.134. The van der Waals surface area contributed by atoms with Crippen LogP contribution in [0.15, 0.2) is 21.3 Å². The Hall–Kier alpha value is -2.83. The molecule has 27 heavy (non-hydrogen) atoms. The van der Waals surface area contributed by atoms with Gasteiger partial charge in [-0.05, 0) is 49.9 Å². The van der Waals surface area contributed by atoms with E-state index < -0.39 is 5.63 Å². The number of rotatable bonds is 4. The Labute approximate surface area is 157 Å². The number of benzene rings is 1. The summed E-state index contributed by atoms with van der Waals surface area (Å²) >= 11 is 0. The van der Waals surface area contributed by atoms with Gasteiger partial charge in [0, 0.05) is 19.0 Å². The van der Waals surface area contributed by atoms with Gasteiger partial charge in [-0.3, -0.25) is 9.59 Å². The molecular weight excluding hydrogens is 348 g/mol. The van der Waals surface area contributed by atoms with Crippen molar-refractivity contribution in [3.8, 4) is 5.75 Å². The molecule has 144 valence electrons. The number of aryl methyl sites for hydroxylation is 2. The number of piperidine rings is 1. The van der Waals surface area contributed by atoms with Gasteiger partial charge in [0.25, 0.3) is 0 Å². The van der Waals surface area contributed by atoms with Crippen molar-refractivity contribution in [1.82, 2.24) is 4.90 Å². The second kappa shape index (κ2) is 7.42. The van der Waals surface area contributed by atoms with Crippen molar-refractivity contribution in [3.05, 3.63) is 39.2 Å². The van der Waals surface area contributed by atoms with E-state index in [-0.39, 0.29) is 24.2 Å². The standard InChI is InChI=1S/C20H24N2O5/c1-11-8-15(26-3)18-12(2)14(20(25)27-16(18)9-11)10-17(23)22-6-4-13(5-7-22)19(21)24/h8-9,13H,4-7,10H2,1-3H3,(H2,21,24). The van der Waals surface area contributed by atoms with Crippen LogP contribution in [0.3, 0.4) is 0 Å². The van der Waals surface area contributed by atoms with Gasteiger partial charge in [0.05, 0.1) is 24.5 Å². The van der Waals surface area contributed by atoms with Crippen LogP contribution in [0.1, 0.15) is 29.5 Å². The zero-order valence-corrected chi connectivity index (χ0v) is 15.8. The van der Waals surface area contributed by atoms with Crippen LogP contribution < -0.4 is 16.1 Å². The largest absolute Gasteiger partial charge is 0.496 e. The predicted octanol–water partition coefficient (Wildman–Crippen LogP) is 1.68. The van der Waals surface area contributed by atoms with Crippen molar-refractivity contribution < 1.29 is 18.7 Å². The van der Waals surface area contributed by atoms with Crippen LogP contribution in [0.2, 0.25) is 0 Å². The first kappa shape index (κ1) is 18.9. The number of likely N-dealkylation sites (tertiary alicyclic amines) is 1. The minimum Gasteiger partial charge on any atom is -0.496 e. The Morgan fingerprint density at radius 1 is 1.26 bits per heavy atom. The number of nitrogens with zero attached hydrogens (tertiary/aromatic N) is 1. The molecule has 2 amide bonds. The highest BCUT2D eigenvalue weighted by atomic mass is 16.5. The summed E-state index contributed by atoms with van der Waals surface area (Å²) < 4.78 is 10.9. The molecule has 1 fully saturated rings. The molecule has 1 aliphatic rings. The van der Waals surface area contributed by atoms with Crippen LogP contribution in [-0.2, 0) is 16.0 Å². The van der Waals surface area contributed by atoms with Crippen molar-refractivity contribution in [2.45, 2.75) is 33.1 Å². The molecule has 0 radical (unpaired) electrons. The number of hydrogen-bond donors (Lipinski definition) is 1. The van der Waals surface area contributed by atoms with Crippen LogP contribution in [0.4, 0.5) is 0 Å². The maximum atomic E-state index is 12.7. The molecule has 7 heteroatoms. The van der Waals surface area contributed by atoms with Gasteiger partial charge in [-0.25, -0.2) is 4.79 Å². The first-order valence-corrected chi connectivity index (χ1v) is 8.99. The first-order valence-electron chi connectivity index (χ1n) is 8.99. The molecule has 0 bridgehead atoms. The van der Waals surface area contributed by atoms with Crippen molar-refractivity contribution in [1.29, 1.82) is 0 Å². The first-order chi connectivity index (χ1) is 12.8. The zero-order valence-electron chi connectivity index (χ0n) is 15.8. The van der Waals surface area contributed by atoms with Gasteiger partial charge in [-0.15, -0.1) is 0 Å². The molecule has 1 aromatic carbocycles. The summed E-state index contributed by atoms with van der Waals surface area (Å²) in [6, 6.07) is 3.65. The van der Waals surface area contributed by atoms with Gasteiger partial charge >= 0.3 is 5.63 Å². The summed E-state index contributed by atoms with van der Waals surface area (Å²) in [6.07, 6.45) is 1.07. The number of carbonyl (C=O) groups is 2. The molecule has 7 nitrogen and oxygen atoms in total. The van der Waals surface area contributed by atoms with E-state index in [9.17, 15) is 14.4 Å². The monoisotopic (exact) mass is 372 g/mol. The maximum Gasteiger partial charge on any atom is 0.340 e. The molecule has 1 aliphatic heterocycles. The fourth-order valence-electron chi connectivity index (χ4n) is 3.68. The third-order valence-electron chi connectivity index (χ3n) is 5.28. The number of methoxy groups -OCH3 is 1. The van der Waals surface area contributed by atoms with Crippen molar-refractivity contribution >= 4 is 22.8 Å². The van der Waals surface area contributed by atoms with E-state index in [1.54, 1.807) is 25.0 Å². The van der Waals surface area contributed by atoms with Gasteiger partial charge in [-0.1, -0.05) is 0 Å². The molecule has 0 unspecified atom stereocenters. The average Bonchev–Trinajstić information content (AvgIpc) is 2.63. The molecule has 0 aliphatic carbocycles. The summed E-state index contributed by atoms with van der Waals surface area (Å²) in [4.78, 5) is 38.1. The summed E-state index contributed by atoms with van der Waals surface area (Å²) in [5.74, 6) is -0.0505. The number of nitrogens with two attached hydrogens (primary N) is 1. The predicted molar refractivity (Wildman–Crippen MR) is 101 cm³/mol. The lowest BCUT2D eigenvalue weighted by atomic mass is 9.95. The Morgan fingerprint density at radius 2 is 1.93 bits per heavy atom. The lowest BCUT2D eigenvalue weighted by Gasteiger charge is -2.30. The zero-order chi connectivity index (χ0) is 19.7. The topological polar surface area (TPSA) is 103 Å². The molecule has 1 saturated heterocycles. The number of amides is 2. The highest BCUT2D eigenvalue weighted by Gasteiger charge is 2.27. The van der Waals surface area contributed by atoms with Gasteiger partial charge in [0.2, 0.25) is 11.8 Å². The summed E-state index contributed by atoms with van der Waals surface area (Å²) in [5.41, 5.74) is 7.23. The van der Waals surface area contributed by atoms with Crippen molar-refractivity contribution in [3.63, 3.8) is 0 Å². The summed E-state index contributed by atoms with van der Waals surface area (Å²) in [5, 5.41) is 0.706. The quantitative estimate of drug-likeness (QED) is 0.823. The summed E-state index contributed by atoms with van der Waals surface area (Å²) in [7, 11) is 1.56. The van der Waals surface area contributed by atoms with Crippen molar-refractivity contribution in [2.24, 2.45) is 11.7 Å². The van der Waals surface area contributed by atoms with E-state index in [4.69, 9.17) is 14.9 Å². The Bertz CT molecular complexity index is 955. The second-order valence-electron chi connectivity index (χ2n) is 7.07. The highest BCUT2D eigenvalue weighted by molar-refractivity contribution is 5.89. The fourth-order valence-corrected chi connectivity index (χ4v) is 3.68. The molecule has 0 spiro atoms. The fraction of sp³-hybridized carbons (Fsp3) is 0.450. The van der Waals surface area contributed by atoms with Gasteiger partial charge in [-0.2, -0.15) is 0 Å². The second-order valence-corrected chi connectivity index (χ2v) is 7.07. The maximum absolute atomic E-state index is 12.7. The smallest absolute Gasteiger partial charge is 0.340 e. The van der Waals surface area contributed by atoms with Crippen LogP contribution in [0.25, 0.3) is 11.0 Å². The number of hydrogen-bond acceptors (Lipinski definition) is 5. The van der Waals surface area contributed by atoms with E-state index in [1.807, 2.05) is 13.0 Å². The summed E-state index contributed by atoms with van der Waals surface area (Å²) in [6.45, 7) is 4.63. The van der Waals surface area contributed by atoms with Crippen LogP contribution in [0.5, 0.6) is 5.75 Å². The molecule has 2 N–H and O–H groups in total. The molecule has 1 aromatic heterocycles. The third-order valence-corrected chi connectivity index (χ3v) is 5.28. The van der Waals surface area contributed by atoms with E-state index in [2.05, 4.69) is 0 Å². The molecule has 2 heterocycles. The lowest BCUT2D eigenvalue weighted by Crippen LogP contribution is -2.42.